The van der Waals surface area contributed by atoms with Crippen LogP contribution < -0.4 is 14.8 Å². The second-order valence-electron chi connectivity index (χ2n) is 5.74. The van der Waals surface area contributed by atoms with E-state index in [0.29, 0.717) is 19.1 Å². The first-order valence-corrected chi connectivity index (χ1v) is 7.59. The second kappa shape index (κ2) is 6.24. The van der Waals surface area contributed by atoms with Crippen molar-refractivity contribution in [3.63, 3.8) is 0 Å². The minimum atomic E-state index is 0.0630. The molecule has 1 saturated heterocycles. The van der Waals surface area contributed by atoms with Crippen LogP contribution in [0.5, 0.6) is 11.5 Å². The number of hydrogen-bond donors (Lipinski definition) is 1. The van der Waals surface area contributed by atoms with Gasteiger partial charge >= 0.3 is 6.03 Å². The van der Waals surface area contributed by atoms with Gasteiger partial charge in [-0.1, -0.05) is 6.07 Å². The molecule has 0 aromatic heterocycles. The van der Waals surface area contributed by atoms with E-state index in [2.05, 4.69) is 5.32 Å². The molecule has 0 aliphatic carbocycles. The summed E-state index contributed by atoms with van der Waals surface area (Å²) in [5.41, 5.74) is 1.18. The Morgan fingerprint density at radius 2 is 2.24 bits per heavy atom. The number of nitrogens with one attached hydrogen (secondary N) is 1. The van der Waals surface area contributed by atoms with Gasteiger partial charge in [-0.2, -0.15) is 0 Å². The van der Waals surface area contributed by atoms with Gasteiger partial charge in [0.15, 0.2) is 0 Å². The molecular formula is C16H22N2O3. The lowest BCUT2D eigenvalue weighted by Crippen LogP contribution is -2.42. The highest BCUT2D eigenvalue weighted by Crippen LogP contribution is 2.30. The highest BCUT2D eigenvalue weighted by molar-refractivity contribution is 5.74. The van der Waals surface area contributed by atoms with Gasteiger partial charge < -0.3 is 19.7 Å². The molecule has 1 fully saturated rings. The summed E-state index contributed by atoms with van der Waals surface area (Å²) in [5, 5.41) is 3.03. The summed E-state index contributed by atoms with van der Waals surface area (Å²) in [6.07, 6.45) is 3.17. The van der Waals surface area contributed by atoms with E-state index in [9.17, 15) is 4.79 Å². The van der Waals surface area contributed by atoms with Gasteiger partial charge in [-0.3, -0.25) is 0 Å². The summed E-state index contributed by atoms with van der Waals surface area (Å²) in [6, 6.07) is 5.98. The van der Waals surface area contributed by atoms with Crippen LogP contribution in [0.2, 0.25) is 0 Å². The smallest absolute Gasteiger partial charge is 0.317 e. The number of rotatable bonds is 3. The molecule has 21 heavy (non-hydrogen) atoms. The number of methoxy groups -OCH3 is 1. The van der Waals surface area contributed by atoms with Crippen LogP contribution in [-0.4, -0.2) is 44.3 Å². The molecule has 114 valence electrons. The van der Waals surface area contributed by atoms with Crippen LogP contribution in [0.3, 0.4) is 0 Å². The summed E-state index contributed by atoms with van der Waals surface area (Å²) in [5.74, 6) is 2.04. The fourth-order valence-corrected chi connectivity index (χ4v) is 2.94. The Morgan fingerprint density at radius 1 is 1.43 bits per heavy atom. The van der Waals surface area contributed by atoms with Gasteiger partial charge in [0.1, 0.15) is 11.5 Å². The van der Waals surface area contributed by atoms with E-state index in [1.807, 2.05) is 23.1 Å². The standard InChI is InChI=1S/C16H22N2O3/c1-20-14-5-4-13-8-12(11-21-15(13)9-14)10-17-16(19)18-6-2-3-7-18/h4-5,9,12H,2-3,6-8,10-11H2,1H3,(H,17,19)/t12-/m0/s1. The van der Waals surface area contributed by atoms with Crippen molar-refractivity contribution in [3.8, 4) is 11.5 Å². The van der Waals surface area contributed by atoms with E-state index < -0.39 is 0 Å². The lowest BCUT2D eigenvalue weighted by molar-refractivity contribution is 0.194. The van der Waals surface area contributed by atoms with E-state index in [0.717, 1.165) is 43.9 Å². The number of carbonyl (C=O) groups is 1. The van der Waals surface area contributed by atoms with Crippen molar-refractivity contribution in [2.45, 2.75) is 19.3 Å². The number of fused-ring (bicyclic) bond motifs is 1. The van der Waals surface area contributed by atoms with Crippen molar-refractivity contribution in [3.05, 3.63) is 23.8 Å². The Balaban J connectivity index is 1.53. The van der Waals surface area contributed by atoms with Crippen LogP contribution >= 0.6 is 0 Å². The van der Waals surface area contributed by atoms with Crippen LogP contribution in [0.4, 0.5) is 4.79 Å². The summed E-state index contributed by atoms with van der Waals surface area (Å²) in [7, 11) is 1.65. The summed E-state index contributed by atoms with van der Waals surface area (Å²) in [4.78, 5) is 13.9. The third-order valence-electron chi connectivity index (χ3n) is 4.19. The van der Waals surface area contributed by atoms with Crippen molar-refractivity contribution < 1.29 is 14.3 Å². The van der Waals surface area contributed by atoms with Crippen molar-refractivity contribution in [1.82, 2.24) is 10.2 Å². The number of carbonyl (C=O) groups excluding carboxylic acids is 1. The zero-order chi connectivity index (χ0) is 14.7. The number of urea groups is 1. The van der Waals surface area contributed by atoms with Gasteiger partial charge in [-0.05, 0) is 30.9 Å². The maximum absolute atomic E-state index is 12.0. The molecular weight excluding hydrogens is 268 g/mol. The highest BCUT2D eigenvalue weighted by Gasteiger charge is 2.23. The zero-order valence-electron chi connectivity index (χ0n) is 12.4. The molecule has 0 spiro atoms. The van der Waals surface area contributed by atoms with Gasteiger partial charge in [0.25, 0.3) is 0 Å². The van der Waals surface area contributed by atoms with Crippen LogP contribution in [-0.2, 0) is 6.42 Å². The fraction of sp³-hybridized carbons (Fsp3) is 0.562. The molecule has 1 atom stereocenters. The van der Waals surface area contributed by atoms with E-state index in [1.165, 1.54) is 5.56 Å². The summed E-state index contributed by atoms with van der Waals surface area (Å²) < 4.78 is 11.0. The van der Waals surface area contributed by atoms with Gasteiger partial charge in [0, 0.05) is 31.6 Å². The molecule has 2 aliphatic heterocycles. The molecule has 2 amide bonds. The minimum Gasteiger partial charge on any atom is -0.497 e. The monoisotopic (exact) mass is 290 g/mol. The molecule has 1 aromatic carbocycles. The molecule has 0 unspecified atom stereocenters. The zero-order valence-corrected chi connectivity index (χ0v) is 12.4. The average molecular weight is 290 g/mol. The first kappa shape index (κ1) is 14.0. The first-order chi connectivity index (χ1) is 10.3. The molecule has 0 radical (unpaired) electrons. The van der Waals surface area contributed by atoms with Gasteiger partial charge in [-0.25, -0.2) is 4.79 Å². The maximum atomic E-state index is 12.0. The molecule has 2 heterocycles. The Labute approximate surface area is 125 Å². The number of nitrogens with zero attached hydrogens (tertiary/aromatic N) is 1. The summed E-state index contributed by atoms with van der Waals surface area (Å²) in [6.45, 7) is 3.08. The van der Waals surface area contributed by atoms with Crippen LogP contribution in [0, 0.1) is 5.92 Å². The molecule has 1 N–H and O–H groups in total. The van der Waals surface area contributed by atoms with Crippen LogP contribution in [0.15, 0.2) is 18.2 Å². The average Bonchev–Trinajstić information content (AvgIpc) is 3.06. The second-order valence-corrected chi connectivity index (χ2v) is 5.74. The third-order valence-corrected chi connectivity index (χ3v) is 4.19. The Hall–Kier alpha value is -1.91. The van der Waals surface area contributed by atoms with Crippen LogP contribution in [0.1, 0.15) is 18.4 Å². The fourth-order valence-electron chi connectivity index (χ4n) is 2.94. The number of ether oxygens (including phenoxy) is 2. The van der Waals surface area contributed by atoms with Crippen LogP contribution in [0.25, 0.3) is 0 Å². The first-order valence-electron chi connectivity index (χ1n) is 7.59. The van der Waals surface area contributed by atoms with Gasteiger partial charge in [0.05, 0.1) is 13.7 Å². The Morgan fingerprint density at radius 3 is 3.00 bits per heavy atom. The predicted octanol–water partition coefficient (Wildman–Crippen LogP) is 2.05. The lowest BCUT2D eigenvalue weighted by Gasteiger charge is -2.26. The molecule has 1 aromatic rings. The maximum Gasteiger partial charge on any atom is 0.317 e. The van der Waals surface area contributed by atoms with Crippen molar-refractivity contribution in [1.29, 1.82) is 0 Å². The minimum absolute atomic E-state index is 0.0630. The molecule has 5 heteroatoms. The van der Waals surface area contributed by atoms with Crippen molar-refractivity contribution in [2.24, 2.45) is 5.92 Å². The Kier molecular flexibility index (Phi) is 4.18. The number of amides is 2. The molecule has 0 saturated carbocycles. The molecule has 2 aliphatic rings. The Bertz CT molecular complexity index is 512. The third kappa shape index (κ3) is 3.23. The van der Waals surface area contributed by atoms with E-state index >= 15 is 0 Å². The van der Waals surface area contributed by atoms with E-state index in [-0.39, 0.29) is 6.03 Å². The lowest BCUT2D eigenvalue weighted by atomic mass is 9.96. The van der Waals surface area contributed by atoms with Gasteiger partial charge in [0.2, 0.25) is 0 Å². The van der Waals surface area contributed by atoms with E-state index in [4.69, 9.17) is 9.47 Å². The largest absolute Gasteiger partial charge is 0.497 e. The number of likely N-dealkylation sites (tertiary alicyclic amines) is 1. The molecule has 5 nitrogen and oxygen atoms in total. The topological polar surface area (TPSA) is 50.8 Å². The van der Waals surface area contributed by atoms with Crippen molar-refractivity contribution >= 4 is 6.03 Å². The predicted molar refractivity (Wildman–Crippen MR) is 79.9 cm³/mol. The highest BCUT2D eigenvalue weighted by atomic mass is 16.5. The quantitative estimate of drug-likeness (QED) is 0.927. The molecule has 3 rings (SSSR count). The number of benzene rings is 1. The van der Waals surface area contributed by atoms with Crippen molar-refractivity contribution in [2.75, 3.05) is 33.4 Å². The molecule has 0 bridgehead atoms. The normalized spacial score (nSPS) is 20.6. The number of hydrogen-bond acceptors (Lipinski definition) is 3. The van der Waals surface area contributed by atoms with Gasteiger partial charge in [-0.15, -0.1) is 0 Å². The van der Waals surface area contributed by atoms with E-state index in [1.54, 1.807) is 7.11 Å². The summed E-state index contributed by atoms with van der Waals surface area (Å²) >= 11 is 0. The SMILES string of the molecule is COc1ccc2c(c1)OC[C@H](CNC(=O)N1CCCC1)C2.